The fourth-order valence-corrected chi connectivity index (χ4v) is 3.47. The van der Waals surface area contributed by atoms with E-state index in [-0.39, 0.29) is 17.8 Å². The van der Waals surface area contributed by atoms with Gasteiger partial charge in [-0.3, -0.25) is 0 Å². The number of aromatic nitrogens is 1. The average molecular weight is 593 g/mol. The highest BCUT2D eigenvalue weighted by Gasteiger charge is 2.52. The lowest BCUT2D eigenvalue weighted by molar-refractivity contribution is -0.143. The highest BCUT2D eigenvalue weighted by atomic mass is 19.4. The zero-order valence-electron chi connectivity index (χ0n) is 23.9. The molecule has 1 aliphatic rings. The molecule has 3 aromatic rings. The smallest absolute Gasteiger partial charge is 0.480 e. The zero-order chi connectivity index (χ0) is 31.7. The van der Waals surface area contributed by atoms with Gasteiger partial charge in [0.1, 0.15) is 18.1 Å². The number of aryl methyl sites for hydroxylation is 1. The highest BCUT2D eigenvalue weighted by Crippen LogP contribution is 2.37. The Balaban J connectivity index is 0.000000239. The molecular formula is C28H33B2F4NO7. The number of pyridine rings is 1. The van der Waals surface area contributed by atoms with Crippen LogP contribution in [0.25, 0.3) is 0 Å². The first kappa shape index (κ1) is 34.9. The number of nitrogens with zero attached hydrogens (tertiary/aromatic N) is 1. The number of carboxylic acids is 1. The van der Waals surface area contributed by atoms with Gasteiger partial charge in [0.05, 0.1) is 17.8 Å². The van der Waals surface area contributed by atoms with Gasteiger partial charge in [-0.2, -0.15) is 13.2 Å². The van der Waals surface area contributed by atoms with Crippen molar-refractivity contribution in [3.63, 3.8) is 0 Å². The minimum absolute atomic E-state index is 0.0949. The lowest BCUT2D eigenvalue weighted by atomic mass is 9.79. The van der Waals surface area contributed by atoms with Crippen molar-refractivity contribution in [2.75, 3.05) is 6.61 Å². The summed E-state index contributed by atoms with van der Waals surface area (Å²) in [5, 5.41) is 25.3. The van der Waals surface area contributed by atoms with Crippen LogP contribution in [0.15, 0.2) is 66.7 Å². The first-order valence-corrected chi connectivity index (χ1v) is 12.8. The van der Waals surface area contributed by atoms with Crippen LogP contribution in [0.4, 0.5) is 17.6 Å². The topological polar surface area (TPSA) is 118 Å². The van der Waals surface area contributed by atoms with Crippen LogP contribution in [0.2, 0.25) is 0 Å². The van der Waals surface area contributed by atoms with E-state index in [1.54, 1.807) is 6.07 Å². The third kappa shape index (κ3) is 10.5. The zero-order valence-corrected chi connectivity index (χ0v) is 23.9. The van der Waals surface area contributed by atoms with Crippen molar-refractivity contribution < 1.29 is 51.6 Å². The second kappa shape index (κ2) is 14.7. The quantitative estimate of drug-likeness (QED) is 0.294. The van der Waals surface area contributed by atoms with E-state index >= 15 is 0 Å². The minimum Gasteiger partial charge on any atom is -0.480 e. The van der Waals surface area contributed by atoms with Gasteiger partial charge >= 0.3 is 26.4 Å². The molecule has 0 saturated carbocycles. The first-order valence-electron chi connectivity index (χ1n) is 12.8. The van der Waals surface area contributed by atoms with Gasteiger partial charge in [-0.25, -0.2) is 14.2 Å². The molecule has 1 aliphatic heterocycles. The highest BCUT2D eigenvalue weighted by molar-refractivity contribution is 6.62. The van der Waals surface area contributed by atoms with Gasteiger partial charge in [0.25, 0.3) is 0 Å². The van der Waals surface area contributed by atoms with Gasteiger partial charge in [0.15, 0.2) is 0 Å². The molecule has 226 valence electrons. The predicted molar refractivity (Wildman–Crippen MR) is 150 cm³/mol. The number of hydrogen-bond donors (Lipinski definition) is 3. The summed E-state index contributed by atoms with van der Waals surface area (Å²) in [5.41, 5.74) is -0.600. The number of halogens is 4. The molecule has 0 unspecified atom stereocenters. The maximum absolute atomic E-state index is 12.8. The van der Waals surface area contributed by atoms with Crippen molar-refractivity contribution in [1.29, 1.82) is 0 Å². The average Bonchev–Trinajstić information content (AvgIpc) is 3.11. The van der Waals surface area contributed by atoms with E-state index in [9.17, 15) is 22.4 Å². The summed E-state index contributed by atoms with van der Waals surface area (Å²) in [5.74, 6) is -1.54. The molecule has 1 aromatic heterocycles. The predicted octanol–water partition coefficient (Wildman–Crippen LogP) is 3.50. The second-order valence-corrected chi connectivity index (χ2v) is 10.3. The second-order valence-electron chi connectivity index (χ2n) is 10.3. The van der Waals surface area contributed by atoms with Crippen LogP contribution in [-0.2, 0) is 31.6 Å². The summed E-state index contributed by atoms with van der Waals surface area (Å²) in [7, 11) is -2.54. The summed E-state index contributed by atoms with van der Waals surface area (Å²) in [6, 6.07) is 17.5. The molecule has 0 atom stereocenters. The maximum atomic E-state index is 12.8. The Kier molecular flexibility index (Phi) is 12.3. The van der Waals surface area contributed by atoms with Gasteiger partial charge in [0, 0.05) is 11.2 Å². The Morgan fingerprint density at radius 1 is 0.976 bits per heavy atom. The van der Waals surface area contributed by atoms with Gasteiger partial charge in [-0.05, 0) is 63.8 Å². The van der Waals surface area contributed by atoms with Crippen molar-refractivity contribution in [2.24, 2.45) is 0 Å². The first-order chi connectivity index (χ1) is 19.4. The number of ether oxygens (including phenoxy) is 1. The van der Waals surface area contributed by atoms with Gasteiger partial charge < -0.3 is 29.2 Å². The summed E-state index contributed by atoms with van der Waals surface area (Å²) < 4.78 is 67.3. The van der Waals surface area contributed by atoms with E-state index in [0.717, 1.165) is 11.6 Å². The summed E-state index contributed by atoms with van der Waals surface area (Å²) in [6.07, 6.45) is -4.48. The molecule has 3 N–H and O–H groups in total. The van der Waals surface area contributed by atoms with Crippen LogP contribution in [0.1, 0.15) is 44.6 Å². The molecule has 0 radical (unpaired) electrons. The maximum Gasteiger partial charge on any atom is 0.494 e. The third-order valence-electron chi connectivity index (χ3n) is 6.31. The Bertz CT molecular complexity index is 1290. The molecule has 2 heterocycles. The molecule has 0 aliphatic carbocycles. The molecule has 8 nitrogen and oxygen atoms in total. The molecule has 42 heavy (non-hydrogen) atoms. The van der Waals surface area contributed by atoms with Crippen LogP contribution in [-0.4, -0.2) is 58.2 Å². The molecule has 2 aromatic carbocycles. The van der Waals surface area contributed by atoms with Gasteiger partial charge in [-0.15, -0.1) is 0 Å². The number of carboxylic acid groups (broad SMARTS) is 1. The Morgan fingerprint density at radius 3 is 2.00 bits per heavy atom. The Hall–Kier alpha value is -3.29. The van der Waals surface area contributed by atoms with Gasteiger partial charge in [-0.1, -0.05) is 48.5 Å². The van der Waals surface area contributed by atoms with Crippen molar-refractivity contribution in [2.45, 2.75) is 58.6 Å². The lowest BCUT2D eigenvalue weighted by Crippen LogP contribution is -2.41. The molecule has 4 rings (SSSR count). The fraction of sp³-hybridized carbons (Fsp3) is 0.357. The summed E-state index contributed by atoms with van der Waals surface area (Å²) >= 11 is 0. The SMILES string of the molecule is Cc1cc(B2OC(C)(C)C(C)(C)O2)cc(C(F)(F)F)n1.O=C(O)COCc1ccccc1.OB(O)c1ccccc1F. The van der Waals surface area contributed by atoms with E-state index in [2.05, 4.69) is 4.98 Å². The largest absolute Gasteiger partial charge is 0.494 e. The van der Waals surface area contributed by atoms with E-state index < -0.39 is 49.1 Å². The Morgan fingerprint density at radius 2 is 1.52 bits per heavy atom. The summed E-state index contributed by atoms with van der Waals surface area (Å²) in [6.45, 7) is 9.04. The van der Waals surface area contributed by atoms with Crippen LogP contribution < -0.4 is 10.9 Å². The van der Waals surface area contributed by atoms with Crippen LogP contribution in [0.3, 0.4) is 0 Å². The van der Waals surface area contributed by atoms with Crippen molar-refractivity contribution in [3.05, 3.63) is 89.5 Å². The van der Waals surface area contributed by atoms with Crippen LogP contribution >= 0.6 is 0 Å². The molecule has 1 saturated heterocycles. The Labute approximate surface area is 242 Å². The lowest BCUT2D eigenvalue weighted by Gasteiger charge is -2.32. The number of benzene rings is 2. The van der Waals surface area contributed by atoms with E-state index in [0.29, 0.717) is 12.1 Å². The normalized spacial score (nSPS) is 15.2. The van der Waals surface area contributed by atoms with E-state index in [4.69, 9.17) is 29.2 Å². The van der Waals surface area contributed by atoms with E-state index in [1.165, 1.54) is 31.2 Å². The molecule has 0 amide bonds. The minimum atomic E-state index is -4.48. The van der Waals surface area contributed by atoms with Crippen molar-refractivity contribution in [3.8, 4) is 0 Å². The van der Waals surface area contributed by atoms with Crippen LogP contribution in [0.5, 0.6) is 0 Å². The van der Waals surface area contributed by atoms with E-state index in [1.807, 2.05) is 58.0 Å². The van der Waals surface area contributed by atoms with Crippen molar-refractivity contribution >= 4 is 31.1 Å². The molecule has 0 bridgehead atoms. The molecule has 0 spiro atoms. The fourth-order valence-electron chi connectivity index (χ4n) is 3.47. The monoisotopic (exact) mass is 593 g/mol. The third-order valence-corrected chi connectivity index (χ3v) is 6.31. The number of hydrogen-bond acceptors (Lipinski definition) is 7. The van der Waals surface area contributed by atoms with Crippen molar-refractivity contribution in [1.82, 2.24) is 4.98 Å². The number of rotatable bonds is 6. The standard InChI is InChI=1S/C13H17BF3NO2.C9H10O3.C6H6BFO2/c1-8-6-9(7-10(18-8)13(15,16)17)14-19-11(2,3)12(4,5)20-14;10-9(11)7-12-6-8-4-2-1-3-5-8;8-6-4-2-1-3-5(6)7(9)10/h6-7H,1-5H3;1-5H,6-7H2,(H,10,11);1-4,9-10H. The summed E-state index contributed by atoms with van der Waals surface area (Å²) in [4.78, 5) is 13.6. The number of carbonyl (C=O) groups is 1. The van der Waals surface area contributed by atoms with Gasteiger partial charge in [0.2, 0.25) is 0 Å². The van der Waals surface area contributed by atoms with Crippen LogP contribution in [0, 0.1) is 12.7 Å². The number of aliphatic carboxylic acids is 1. The molecule has 1 fully saturated rings. The number of alkyl halides is 3. The molecular weight excluding hydrogens is 560 g/mol. The molecule has 14 heteroatoms.